The van der Waals surface area contributed by atoms with E-state index in [4.69, 9.17) is 25.1 Å². The molecule has 2 aromatic carbocycles. The molecule has 0 unspecified atom stereocenters. The lowest BCUT2D eigenvalue weighted by Crippen LogP contribution is -2.30. The van der Waals surface area contributed by atoms with Crippen LogP contribution in [-0.4, -0.2) is 24.3 Å². The fourth-order valence-electron chi connectivity index (χ4n) is 2.27. The molecule has 0 spiro atoms. The number of ether oxygens (including phenoxy) is 1. The summed E-state index contributed by atoms with van der Waals surface area (Å²) in [4.78, 5) is 28.8. The largest absolute Gasteiger partial charge is 0.482 e. The molecule has 0 aliphatic heterocycles. The average molecular weight is 353 g/mol. The van der Waals surface area contributed by atoms with Crippen LogP contribution in [0.5, 0.6) is 5.75 Å². The van der Waals surface area contributed by atoms with Gasteiger partial charge in [0.2, 0.25) is 0 Å². The second kappa shape index (κ2) is 7.39. The Balaban J connectivity index is 1.64. The highest BCUT2D eigenvalue weighted by atomic mass is 16.7. The summed E-state index contributed by atoms with van der Waals surface area (Å²) in [5, 5.41) is 8.62. The van der Waals surface area contributed by atoms with E-state index in [2.05, 4.69) is 5.48 Å². The van der Waals surface area contributed by atoms with Gasteiger partial charge >= 0.3 is 5.97 Å². The second-order valence-electron chi connectivity index (χ2n) is 5.32. The molecule has 1 aromatic heterocycles. The molecule has 0 saturated carbocycles. The Bertz CT molecular complexity index is 965. The van der Waals surface area contributed by atoms with E-state index in [0.29, 0.717) is 22.1 Å². The summed E-state index contributed by atoms with van der Waals surface area (Å²) in [5.41, 5.74) is 8.06. The van der Waals surface area contributed by atoms with E-state index in [1.807, 2.05) is 6.07 Å². The fraction of sp³-hybridized carbons (Fsp3) is 0.0556. The van der Waals surface area contributed by atoms with E-state index in [-0.39, 0.29) is 18.0 Å². The summed E-state index contributed by atoms with van der Waals surface area (Å²) in [7, 11) is 0. The number of fused-ring (bicyclic) bond motifs is 1. The van der Waals surface area contributed by atoms with Crippen LogP contribution in [-0.2, 0) is 9.63 Å². The molecule has 0 atom stereocenters. The van der Waals surface area contributed by atoms with Crippen LogP contribution in [0.3, 0.4) is 0 Å². The van der Waals surface area contributed by atoms with Gasteiger partial charge in [0.15, 0.2) is 6.61 Å². The van der Waals surface area contributed by atoms with Crippen LogP contribution in [0.1, 0.15) is 15.9 Å². The van der Waals surface area contributed by atoms with Crippen molar-refractivity contribution in [1.29, 1.82) is 5.41 Å². The van der Waals surface area contributed by atoms with Gasteiger partial charge in [-0.1, -0.05) is 18.2 Å². The van der Waals surface area contributed by atoms with Gasteiger partial charge in [-0.15, -0.1) is 0 Å². The molecule has 0 radical (unpaired) electrons. The van der Waals surface area contributed by atoms with Gasteiger partial charge in [-0.3, -0.25) is 10.2 Å². The van der Waals surface area contributed by atoms with Crippen LogP contribution >= 0.6 is 0 Å². The van der Waals surface area contributed by atoms with Crippen molar-refractivity contribution in [1.82, 2.24) is 5.48 Å². The van der Waals surface area contributed by atoms with Crippen LogP contribution in [0.15, 0.2) is 59.4 Å². The Morgan fingerprint density at radius 2 is 1.92 bits per heavy atom. The number of amidine groups is 1. The highest BCUT2D eigenvalue weighted by molar-refractivity contribution is 6.10. The predicted molar refractivity (Wildman–Crippen MR) is 92.7 cm³/mol. The molecular formula is C18H15N3O5. The summed E-state index contributed by atoms with van der Waals surface area (Å²) in [6.45, 7) is -0.362. The van der Waals surface area contributed by atoms with Gasteiger partial charge in [-0.2, -0.15) is 5.48 Å². The standard InChI is InChI=1S/C18H15N3O5/c19-17(20)11-6-12-8-24-9-15(12)14(7-11)18(23)21-26-16(22)10-25-13-4-2-1-3-5-13/h1-9H,10H2,(H3,19,20)(H,21,23). The van der Waals surface area contributed by atoms with E-state index in [9.17, 15) is 9.59 Å². The first-order valence-corrected chi connectivity index (χ1v) is 7.57. The molecule has 8 nitrogen and oxygen atoms in total. The van der Waals surface area contributed by atoms with Gasteiger partial charge in [0, 0.05) is 16.3 Å². The molecule has 4 N–H and O–H groups in total. The number of para-hydroxylation sites is 1. The number of amides is 1. The number of benzene rings is 2. The zero-order valence-electron chi connectivity index (χ0n) is 13.5. The Kier molecular flexibility index (Phi) is 4.84. The molecule has 0 saturated heterocycles. The van der Waals surface area contributed by atoms with Crippen LogP contribution in [0.25, 0.3) is 10.8 Å². The van der Waals surface area contributed by atoms with Crippen molar-refractivity contribution in [3.05, 3.63) is 66.1 Å². The number of hydrogen-bond acceptors (Lipinski definition) is 6. The van der Waals surface area contributed by atoms with Crippen molar-refractivity contribution in [2.45, 2.75) is 0 Å². The Labute approximate surface area is 148 Å². The van der Waals surface area contributed by atoms with Crippen LogP contribution in [0.4, 0.5) is 0 Å². The van der Waals surface area contributed by atoms with Gasteiger partial charge in [-0.05, 0) is 24.3 Å². The zero-order valence-corrected chi connectivity index (χ0v) is 13.5. The zero-order chi connectivity index (χ0) is 18.5. The van der Waals surface area contributed by atoms with Gasteiger partial charge in [-0.25, -0.2) is 4.79 Å². The molecule has 26 heavy (non-hydrogen) atoms. The third-order valence-corrected chi connectivity index (χ3v) is 3.51. The number of hydroxylamine groups is 1. The first kappa shape index (κ1) is 17.0. The van der Waals surface area contributed by atoms with Crippen molar-refractivity contribution < 1.29 is 23.6 Å². The van der Waals surface area contributed by atoms with E-state index in [1.165, 1.54) is 18.6 Å². The van der Waals surface area contributed by atoms with Crippen LogP contribution in [0.2, 0.25) is 0 Å². The number of rotatable bonds is 5. The number of nitrogen functional groups attached to an aromatic ring is 1. The topological polar surface area (TPSA) is 128 Å². The summed E-state index contributed by atoms with van der Waals surface area (Å²) >= 11 is 0. The fourth-order valence-corrected chi connectivity index (χ4v) is 2.27. The number of nitrogens with one attached hydrogen (secondary N) is 2. The first-order valence-electron chi connectivity index (χ1n) is 7.57. The molecule has 1 heterocycles. The molecule has 0 aliphatic rings. The third-order valence-electron chi connectivity index (χ3n) is 3.51. The predicted octanol–water partition coefficient (Wildman–Crippen LogP) is 1.98. The minimum atomic E-state index is -0.770. The molecule has 132 valence electrons. The molecular weight excluding hydrogens is 338 g/mol. The quantitative estimate of drug-likeness (QED) is 0.366. The number of furan rings is 1. The minimum Gasteiger partial charge on any atom is -0.482 e. The van der Waals surface area contributed by atoms with Crippen molar-refractivity contribution in [2.75, 3.05) is 6.61 Å². The van der Waals surface area contributed by atoms with Crippen LogP contribution in [0, 0.1) is 5.41 Å². The number of nitrogens with two attached hydrogens (primary N) is 1. The van der Waals surface area contributed by atoms with E-state index < -0.39 is 11.9 Å². The molecule has 3 rings (SSSR count). The molecule has 8 heteroatoms. The van der Waals surface area contributed by atoms with E-state index >= 15 is 0 Å². The maximum absolute atomic E-state index is 12.3. The number of carbonyl (C=O) groups is 2. The molecule has 0 aliphatic carbocycles. The van der Waals surface area contributed by atoms with Gasteiger partial charge < -0.3 is 19.7 Å². The lowest BCUT2D eigenvalue weighted by atomic mass is 10.0. The Morgan fingerprint density at radius 3 is 2.65 bits per heavy atom. The second-order valence-corrected chi connectivity index (χ2v) is 5.32. The third kappa shape index (κ3) is 3.81. The highest BCUT2D eigenvalue weighted by Crippen LogP contribution is 2.22. The van der Waals surface area contributed by atoms with Gasteiger partial charge in [0.25, 0.3) is 5.91 Å². The Morgan fingerprint density at radius 1 is 1.15 bits per heavy atom. The lowest BCUT2D eigenvalue weighted by molar-refractivity contribution is -0.151. The van der Waals surface area contributed by atoms with Crippen molar-refractivity contribution in [3.8, 4) is 5.75 Å². The maximum atomic E-state index is 12.3. The molecule has 0 bridgehead atoms. The monoisotopic (exact) mass is 353 g/mol. The van der Waals surface area contributed by atoms with E-state index in [1.54, 1.807) is 30.3 Å². The summed E-state index contributed by atoms with van der Waals surface area (Å²) in [6, 6.07) is 11.8. The summed E-state index contributed by atoms with van der Waals surface area (Å²) in [5.74, 6) is -1.14. The van der Waals surface area contributed by atoms with Crippen molar-refractivity contribution in [3.63, 3.8) is 0 Å². The molecule has 3 aromatic rings. The number of hydrogen-bond donors (Lipinski definition) is 3. The van der Waals surface area contributed by atoms with Gasteiger partial charge in [0.05, 0.1) is 18.1 Å². The van der Waals surface area contributed by atoms with E-state index in [0.717, 1.165) is 0 Å². The van der Waals surface area contributed by atoms with Gasteiger partial charge in [0.1, 0.15) is 11.6 Å². The lowest BCUT2D eigenvalue weighted by Gasteiger charge is -2.09. The number of carbonyl (C=O) groups excluding carboxylic acids is 2. The Hall–Kier alpha value is -3.81. The first-order chi connectivity index (χ1) is 12.5. The molecule has 0 fully saturated rings. The average Bonchev–Trinajstić information content (AvgIpc) is 3.13. The highest BCUT2D eigenvalue weighted by Gasteiger charge is 2.16. The maximum Gasteiger partial charge on any atom is 0.369 e. The van der Waals surface area contributed by atoms with Crippen molar-refractivity contribution >= 4 is 28.5 Å². The SMILES string of the molecule is N=C(N)c1cc(C(=O)NOC(=O)COc2ccccc2)c2cocc2c1. The summed E-state index contributed by atoms with van der Waals surface area (Å²) in [6.07, 6.45) is 2.81. The van der Waals surface area contributed by atoms with Crippen molar-refractivity contribution in [2.24, 2.45) is 5.73 Å². The summed E-state index contributed by atoms with van der Waals surface area (Å²) < 4.78 is 10.3. The van der Waals surface area contributed by atoms with Crippen LogP contribution < -0.4 is 16.0 Å². The molecule has 1 amide bonds. The minimum absolute atomic E-state index is 0.165. The normalized spacial score (nSPS) is 10.3. The smallest absolute Gasteiger partial charge is 0.369 e.